The molecule has 1 heterocycles. The van der Waals surface area contributed by atoms with Gasteiger partial charge in [-0.25, -0.2) is 4.79 Å². The van der Waals surface area contributed by atoms with Gasteiger partial charge in [-0.05, 0) is 61.6 Å². The summed E-state index contributed by atoms with van der Waals surface area (Å²) in [6, 6.07) is 14.9. The monoisotopic (exact) mass is 383 g/mol. The Morgan fingerprint density at radius 2 is 1.74 bits per heavy atom. The van der Waals surface area contributed by atoms with Gasteiger partial charge in [0, 0.05) is 28.9 Å². The van der Waals surface area contributed by atoms with Crippen molar-refractivity contribution < 1.29 is 9.59 Å². The molecule has 0 bridgehead atoms. The number of carbonyl (C=O) groups is 2. The summed E-state index contributed by atoms with van der Waals surface area (Å²) < 4.78 is 0. The Morgan fingerprint density at radius 3 is 2.44 bits per heavy atom. The molecule has 2 aromatic rings. The predicted octanol–water partition coefficient (Wildman–Crippen LogP) is 4.60. The minimum atomic E-state index is -0.146. The third kappa shape index (κ3) is 4.08. The van der Waals surface area contributed by atoms with Crippen LogP contribution in [-0.2, 0) is 0 Å². The van der Waals surface area contributed by atoms with Crippen LogP contribution in [0.5, 0.6) is 0 Å². The quantitative estimate of drug-likeness (QED) is 0.810. The first-order valence-electron chi connectivity index (χ1n) is 9.35. The molecule has 27 heavy (non-hydrogen) atoms. The van der Waals surface area contributed by atoms with E-state index in [-0.39, 0.29) is 18.0 Å². The third-order valence-corrected chi connectivity index (χ3v) is 5.43. The molecule has 140 valence electrons. The van der Waals surface area contributed by atoms with E-state index in [4.69, 9.17) is 11.6 Å². The van der Waals surface area contributed by atoms with Gasteiger partial charge in [0.1, 0.15) is 0 Å². The third-order valence-electron chi connectivity index (χ3n) is 5.09. The smallest absolute Gasteiger partial charge is 0.322 e. The molecule has 2 fully saturated rings. The molecule has 0 aromatic heterocycles. The van der Waals surface area contributed by atoms with E-state index in [1.54, 1.807) is 24.3 Å². The number of nitrogens with one attached hydrogen (secondary N) is 2. The minimum Gasteiger partial charge on any atom is -0.349 e. The number of nitrogens with zero attached hydrogens (tertiary/aromatic N) is 1. The molecular weight excluding hydrogens is 362 g/mol. The molecule has 1 aliphatic carbocycles. The molecule has 2 aliphatic rings. The number of hydrogen-bond donors (Lipinski definition) is 2. The molecule has 3 amide bonds. The Bertz CT molecular complexity index is 849. The van der Waals surface area contributed by atoms with Crippen LogP contribution in [0.1, 0.15) is 47.6 Å². The van der Waals surface area contributed by atoms with Crippen molar-refractivity contribution in [3.8, 4) is 0 Å². The topological polar surface area (TPSA) is 61.4 Å². The fraction of sp³-hybridized carbons (Fsp3) is 0.333. The van der Waals surface area contributed by atoms with Crippen LogP contribution in [0.3, 0.4) is 0 Å². The summed E-state index contributed by atoms with van der Waals surface area (Å²) in [6.07, 6.45) is 3.96. The van der Waals surface area contributed by atoms with Crippen LogP contribution >= 0.6 is 11.6 Å². The Morgan fingerprint density at radius 1 is 1.00 bits per heavy atom. The van der Waals surface area contributed by atoms with Gasteiger partial charge in [0.05, 0.1) is 6.04 Å². The van der Waals surface area contributed by atoms with Gasteiger partial charge < -0.3 is 15.5 Å². The van der Waals surface area contributed by atoms with Crippen molar-refractivity contribution in [2.45, 2.75) is 37.8 Å². The summed E-state index contributed by atoms with van der Waals surface area (Å²) in [7, 11) is 0. The summed E-state index contributed by atoms with van der Waals surface area (Å²) in [6.45, 7) is 0.698. The fourth-order valence-corrected chi connectivity index (χ4v) is 3.74. The Balaban J connectivity index is 1.42. The van der Waals surface area contributed by atoms with Crippen LogP contribution in [0, 0.1) is 0 Å². The van der Waals surface area contributed by atoms with E-state index in [1.807, 2.05) is 29.2 Å². The van der Waals surface area contributed by atoms with Gasteiger partial charge in [0.2, 0.25) is 0 Å². The first-order valence-corrected chi connectivity index (χ1v) is 9.72. The Labute approximate surface area is 163 Å². The van der Waals surface area contributed by atoms with Crippen molar-refractivity contribution in [2.75, 3.05) is 11.9 Å². The van der Waals surface area contributed by atoms with E-state index in [1.165, 1.54) is 0 Å². The lowest BCUT2D eigenvalue weighted by atomic mass is 10.0. The highest BCUT2D eigenvalue weighted by molar-refractivity contribution is 6.31. The van der Waals surface area contributed by atoms with Gasteiger partial charge >= 0.3 is 6.03 Å². The highest BCUT2D eigenvalue weighted by Gasteiger charge is 2.31. The Hall–Kier alpha value is -2.53. The molecule has 2 aromatic carbocycles. The second-order valence-electron chi connectivity index (χ2n) is 7.13. The van der Waals surface area contributed by atoms with Gasteiger partial charge in [0.25, 0.3) is 5.91 Å². The number of likely N-dealkylation sites (tertiary alicyclic amines) is 1. The molecule has 1 saturated heterocycles. The largest absolute Gasteiger partial charge is 0.349 e. The molecule has 1 aliphatic heterocycles. The van der Waals surface area contributed by atoms with Gasteiger partial charge in [-0.3, -0.25) is 4.79 Å². The SMILES string of the molecule is O=C(NC1CC1)c1ccc(NC(=O)N2CCCC2c2ccccc2Cl)cc1. The zero-order valence-corrected chi connectivity index (χ0v) is 15.7. The summed E-state index contributed by atoms with van der Waals surface area (Å²) in [5, 5.41) is 6.58. The number of rotatable bonds is 4. The lowest BCUT2D eigenvalue weighted by Crippen LogP contribution is -2.34. The van der Waals surface area contributed by atoms with Crippen LogP contribution in [0.2, 0.25) is 5.02 Å². The van der Waals surface area contributed by atoms with Crippen molar-refractivity contribution in [2.24, 2.45) is 0 Å². The van der Waals surface area contributed by atoms with E-state index >= 15 is 0 Å². The average molecular weight is 384 g/mol. The van der Waals surface area contributed by atoms with E-state index in [0.29, 0.717) is 28.9 Å². The maximum atomic E-state index is 12.8. The lowest BCUT2D eigenvalue weighted by Gasteiger charge is -2.26. The van der Waals surface area contributed by atoms with Gasteiger partial charge in [-0.2, -0.15) is 0 Å². The van der Waals surface area contributed by atoms with Crippen molar-refractivity contribution in [1.82, 2.24) is 10.2 Å². The lowest BCUT2D eigenvalue weighted by molar-refractivity contribution is 0.0951. The van der Waals surface area contributed by atoms with Crippen LogP contribution < -0.4 is 10.6 Å². The van der Waals surface area contributed by atoms with Crippen LogP contribution in [0.4, 0.5) is 10.5 Å². The summed E-state index contributed by atoms with van der Waals surface area (Å²) in [4.78, 5) is 26.7. The first kappa shape index (κ1) is 17.9. The average Bonchev–Trinajstić information content (AvgIpc) is 3.35. The van der Waals surface area contributed by atoms with Crippen molar-refractivity contribution in [3.05, 3.63) is 64.7 Å². The predicted molar refractivity (Wildman–Crippen MR) is 106 cm³/mol. The number of amides is 3. The number of hydrogen-bond acceptors (Lipinski definition) is 2. The van der Waals surface area contributed by atoms with Crippen LogP contribution in [0.25, 0.3) is 0 Å². The second-order valence-corrected chi connectivity index (χ2v) is 7.54. The normalized spacial score (nSPS) is 19.0. The first-order chi connectivity index (χ1) is 13.1. The molecule has 1 unspecified atom stereocenters. The van der Waals surface area contributed by atoms with E-state index in [0.717, 1.165) is 31.2 Å². The van der Waals surface area contributed by atoms with E-state index in [9.17, 15) is 9.59 Å². The molecular formula is C21H22ClN3O2. The summed E-state index contributed by atoms with van der Waals surface area (Å²) in [5.41, 5.74) is 2.27. The standard InChI is InChI=1S/C21H22ClN3O2/c22-18-5-2-1-4-17(18)19-6-3-13-25(19)21(27)24-16-9-7-14(8-10-16)20(26)23-15-11-12-15/h1-2,4-5,7-10,15,19H,3,6,11-13H2,(H,23,26)(H,24,27). The zero-order valence-electron chi connectivity index (χ0n) is 15.0. The number of anilines is 1. The van der Waals surface area contributed by atoms with Gasteiger partial charge in [-0.1, -0.05) is 29.8 Å². The zero-order chi connectivity index (χ0) is 18.8. The highest BCUT2D eigenvalue weighted by Crippen LogP contribution is 2.36. The molecule has 1 atom stereocenters. The molecule has 4 rings (SSSR count). The summed E-state index contributed by atoms with van der Waals surface area (Å²) in [5.74, 6) is -0.0614. The maximum Gasteiger partial charge on any atom is 0.322 e. The van der Waals surface area contributed by atoms with Crippen molar-refractivity contribution in [3.63, 3.8) is 0 Å². The minimum absolute atomic E-state index is 0.0118. The number of urea groups is 1. The number of halogens is 1. The van der Waals surface area contributed by atoms with Crippen molar-refractivity contribution in [1.29, 1.82) is 0 Å². The highest BCUT2D eigenvalue weighted by atomic mass is 35.5. The maximum absolute atomic E-state index is 12.8. The molecule has 0 spiro atoms. The van der Waals surface area contributed by atoms with Crippen LogP contribution in [-0.4, -0.2) is 29.4 Å². The summed E-state index contributed by atoms with van der Waals surface area (Å²) >= 11 is 6.33. The molecule has 0 radical (unpaired) electrons. The van der Waals surface area contributed by atoms with Crippen LogP contribution in [0.15, 0.2) is 48.5 Å². The Kier molecular flexibility index (Phi) is 5.03. The molecule has 1 saturated carbocycles. The second kappa shape index (κ2) is 7.61. The molecule has 6 heteroatoms. The van der Waals surface area contributed by atoms with Gasteiger partial charge in [-0.15, -0.1) is 0 Å². The van der Waals surface area contributed by atoms with Crippen molar-refractivity contribution >= 4 is 29.2 Å². The molecule has 2 N–H and O–H groups in total. The van der Waals surface area contributed by atoms with E-state index < -0.39 is 0 Å². The number of benzene rings is 2. The van der Waals surface area contributed by atoms with Gasteiger partial charge in [0.15, 0.2) is 0 Å². The van der Waals surface area contributed by atoms with E-state index in [2.05, 4.69) is 10.6 Å². The fourth-order valence-electron chi connectivity index (χ4n) is 3.48. The molecule has 5 nitrogen and oxygen atoms in total. The number of carbonyl (C=O) groups excluding carboxylic acids is 2.